The molecule has 0 heterocycles. The van der Waals surface area contributed by atoms with Crippen molar-refractivity contribution < 1.29 is 9.90 Å². The molecular formula is C21H18N2O2. The van der Waals surface area contributed by atoms with Crippen molar-refractivity contribution in [1.82, 2.24) is 5.43 Å². The zero-order valence-electron chi connectivity index (χ0n) is 13.8. The second-order valence-electron chi connectivity index (χ2n) is 5.60. The van der Waals surface area contributed by atoms with Crippen LogP contribution in [0.2, 0.25) is 0 Å². The third-order valence-corrected chi connectivity index (χ3v) is 3.88. The van der Waals surface area contributed by atoms with Gasteiger partial charge in [0.2, 0.25) is 0 Å². The van der Waals surface area contributed by atoms with Crippen LogP contribution in [0.25, 0.3) is 11.1 Å². The first kappa shape index (κ1) is 16.5. The van der Waals surface area contributed by atoms with E-state index in [-0.39, 0.29) is 11.3 Å². The number of hydrazone groups is 1. The molecule has 0 aromatic heterocycles. The van der Waals surface area contributed by atoms with Crippen LogP contribution in [0.5, 0.6) is 5.75 Å². The molecule has 0 saturated heterocycles. The van der Waals surface area contributed by atoms with Gasteiger partial charge in [-0.05, 0) is 35.7 Å². The smallest absolute Gasteiger partial charge is 0.275 e. The molecule has 0 aliphatic rings. The minimum absolute atomic E-state index is 0.0694. The number of hydrogen-bond donors (Lipinski definition) is 2. The van der Waals surface area contributed by atoms with Gasteiger partial charge in [-0.25, -0.2) is 5.43 Å². The van der Waals surface area contributed by atoms with E-state index in [1.165, 1.54) is 6.07 Å². The molecular weight excluding hydrogens is 312 g/mol. The van der Waals surface area contributed by atoms with Crippen LogP contribution in [0, 0.1) is 0 Å². The molecule has 1 amide bonds. The number of benzene rings is 3. The lowest BCUT2D eigenvalue weighted by Gasteiger charge is -2.06. The van der Waals surface area contributed by atoms with Crippen molar-refractivity contribution in [3.05, 3.63) is 90.0 Å². The topological polar surface area (TPSA) is 61.7 Å². The quantitative estimate of drug-likeness (QED) is 0.556. The van der Waals surface area contributed by atoms with Crippen molar-refractivity contribution in [3.63, 3.8) is 0 Å². The van der Waals surface area contributed by atoms with Crippen molar-refractivity contribution in [2.45, 2.75) is 6.92 Å². The maximum atomic E-state index is 12.1. The molecule has 4 heteroatoms. The van der Waals surface area contributed by atoms with Crippen LogP contribution in [0.3, 0.4) is 0 Å². The van der Waals surface area contributed by atoms with Crippen LogP contribution in [-0.4, -0.2) is 16.7 Å². The Morgan fingerprint density at radius 3 is 2.12 bits per heavy atom. The van der Waals surface area contributed by atoms with E-state index in [0.717, 1.165) is 16.7 Å². The highest BCUT2D eigenvalue weighted by atomic mass is 16.3. The SMILES string of the molecule is C/C(=N\NC(=O)c1ccccc1O)c1ccc(-c2ccccc2)cc1. The van der Waals surface area contributed by atoms with E-state index >= 15 is 0 Å². The zero-order chi connectivity index (χ0) is 17.6. The minimum atomic E-state index is -0.446. The first-order valence-corrected chi connectivity index (χ1v) is 7.93. The molecule has 3 aromatic rings. The van der Waals surface area contributed by atoms with Crippen LogP contribution < -0.4 is 5.43 Å². The number of para-hydroxylation sites is 1. The maximum absolute atomic E-state index is 12.1. The fraction of sp³-hybridized carbons (Fsp3) is 0.0476. The monoisotopic (exact) mass is 330 g/mol. The molecule has 0 aliphatic carbocycles. The van der Waals surface area contributed by atoms with E-state index in [1.807, 2.05) is 49.4 Å². The van der Waals surface area contributed by atoms with E-state index in [2.05, 4.69) is 22.7 Å². The lowest BCUT2D eigenvalue weighted by atomic mass is 10.0. The van der Waals surface area contributed by atoms with Crippen LogP contribution in [0.15, 0.2) is 84.0 Å². The largest absolute Gasteiger partial charge is 0.507 e. The lowest BCUT2D eigenvalue weighted by molar-refractivity contribution is 0.0952. The summed E-state index contributed by atoms with van der Waals surface area (Å²) in [7, 11) is 0. The van der Waals surface area contributed by atoms with Gasteiger partial charge in [0.15, 0.2) is 0 Å². The van der Waals surface area contributed by atoms with Crippen molar-refractivity contribution in [3.8, 4) is 16.9 Å². The Balaban J connectivity index is 1.72. The number of phenols is 1. The Bertz CT molecular complexity index is 901. The third-order valence-electron chi connectivity index (χ3n) is 3.88. The van der Waals surface area contributed by atoms with Crippen molar-refractivity contribution in [1.29, 1.82) is 0 Å². The van der Waals surface area contributed by atoms with Gasteiger partial charge in [-0.2, -0.15) is 5.10 Å². The van der Waals surface area contributed by atoms with Crippen molar-refractivity contribution >= 4 is 11.6 Å². The number of nitrogens with one attached hydrogen (secondary N) is 1. The van der Waals surface area contributed by atoms with Gasteiger partial charge in [0.1, 0.15) is 5.75 Å². The summed E-state index contributed by atoms with van der Waals surface area (Å²) in [5.74, 6) is -0.515. The highest BCUT2D eigenvalue weighted by molar-refractivity contribution is 6.01. The molecule has 0 spiro atoms. The van der Waals surface area contributed by atoms with Gasteiger partial charge in [0.25, 0.3) is 5.91 Å². The highest BCUT2D eigenvalue weighted by Gasteiger charge is 2.09. The van der Waals surface area contributed by atoms with Crippen molar-refractivity contribution in [2.24, 2.45) is 5.10 Å². The van der Waals surface area contributed by atoms with Crippen LogP contribution in [-0.2, 0) is 0 Å². The third kappa shape index (κ3) is 3.93. The summed E-state index contributed by atoms with van der Waals surface area (Å²) in [6.45, 7) is 1.82. The van der Waals surface area contributed by atoms with Gasteiger partial charge < -0.3 is 5.11 Å². The average Bonchev–Trinajstić information content (AvgIpc) is 2.67. The molecule has 0 aliphatic heterocycles. The summed E-state index contributed by atoms with van der Waals surface area (Å²) >= 11 is 0. The molecule has 4 nitrogen and oxygen atoms in total. The molecule has 25 heavy (non-hydrogen) atoms. The summed E-state index contributed by atoms with van der Waals surface area (Å²) in [6.07, 6.45) is 0. The summed E-state index contributed by atoms with van der Waals surface area (Å²) in [5, 5.41) is 13.8. The standard InChI is InChI=1S/C21H18N2O2/c1-15(22-23-21(25)19-9-5-6-10-20(19)24)16-11-13-18(14-12-16)17-7-3-2-4-8-17/h2-14,24H,1H3,(H,23,25)/b22-15+. The number of aromatic hydroxyl groups is 1. The van der Waals surface area contributed by atoms with Crippen molar-refractivity contribution in [2.75, 3.05) is 0 Å². The second-order valence-corrected chi connectivity index (χ2v) is 5.60. The van der Waals surface area contributed by atoms with Gasteiger partial charge in [-0.15, -0.1) is 0 Å². The molecule has 3 rings (SSSR count). The molecule has 0 unspecified atom stereocenters. The average molecular weight is 330 g/mol. The number of phenolic OH excluding ortho intramolecular Hbond substituents is 1. The second kappa shape index (κ2) is 7.45. The molecule has 0 fully saturated rings. The molecule has 2 N–H and O–H groups in total. The maximum Gasteiger partial charge on any atom is 0.275 e. The normalized spacial score (nSPS) is 11.2. The zero-order valence-corrected chi connectivity index (χ0v) is 13.8. The van der Waals surface area contributed by atoms with Crippen LogP contribution in [0.4, 0.5) is 0 Å². The Morgan fingerprint density at radius 1 is 0.840 bits per heavy atom. The minimum Gasteiger partial charge on any atom is -0.507 e. The number of nitrogens with zero attached hydrogens (tertiary/aromatic N) is 1. The predicted octanol–water partition coefficient (Wildman–Crippen LogP) is 4.21. The lowest BCUT2D eigenvalue weighted by Crippen LogP contribution is -2.19. The van der Waals surface area contributed by atoms with Gasteiger partial charge >= 0.3 is 0 Å². The van der Waals surface area contributed by atoms with E-state index in [4.69, 9.17) is 0 Å². The number of amides is 1. The molecule has 3 aromatic carbocycles. The fourth-order valence-electron chi connectivity index (χ4n) is 2.46. The molecule has 0 atom stereocenters. The number of carbonyl (C=O) groups is 1. The Morgan fingerprint density at radius 2 is 1.44 bits per heavy atom. The fourth-order valence-corrected chi connectivity index (χ4v) is 2.46. The van der Waals surface area contributed by atoms with Gasteiger partial charge in [0.05, 0.1) is 11.3 Å². The Kier molecular flexibility index (Phi) is 4.90. The first-order chi connectivity index (χ1) is 12.1. The predicted molar refractivity (Wildman–Crippen MR) is 99.7 cm³/mol. The van der Waals surface area contributed by atoms with E-state index in [9.17, 15) is 9.90 Å². The number of hydrogen-bond acceptors (Lipinski definition) is 3. The Labute approximate surface area is 146 Å². The molecule has 0 bridgehead atoms. The van der Waals surface area contributed by atoms with Crippen LogP contribution in [0.1, 0.15) is 22.8 Å². The molecule has 124 valence electrons. The number of carbonyl (C=O) groups excluding carboxylic acids is 1. The summed E-state index contributed by atoms with van der Waals surface area (Å²) in [5.41, 5.74) is 6.53. The van der Waals surface area contributed by atoms with Gasteiger partial charge in [0, 0.05) is 0 Å². The van der Waals surface area contributed by atoms with E-state index < -0.39 is 5.91 Å². The number of rotatable bonds is 4. The van der Waals surface area contributed by atoms with E-state index in [1.54, 1.807) is 18.2 Å². The van der Waals surface area contributed by atoms with Crippen LogP contribution >= 0.6 is 0 Å². The molecule has 0 radical (unpaired) electrons. The van der Waals surface area contributed by atoms with Gasteiger partial charge in [-0.3, -0.25) is 4.79 Å². The van der Waals surface area contributed by atoms with E-state index in [0.29, 0.717) is 5.71 Å². The first-order valence-electron chi connectivity index (χ1n) is 7.93. The molecule has 0 saturated carbocycles. The highest BCUT2D eigenvalue weighted by Crippen LogP contribution is 2.19. The Hall–Kier alpha value is -3.40. The summed E-state index contributed by atoms with van der Waals surface area (Å²) in [4.78, 5) is 12.1. The summed E-state index contributed by atoms with van der Waals surface area (Å²) in [6, 6.07) is 24.5. The van der Waals surface area contributed by atoms with Gasteiger partial charge in [-0.1, -0.05) is 66.7 Å². The summed E-state index contributed by atoms with van der Waals surface area (Å²) < 4.78 is 0.